The fourth-order valence-corrected chi connectivity index (χ4v) is 6.49. The molecule has 2 aromatic carbocycles. The van der Waals surface area contributed by atoms with Crippen LogP contribution in [0.4, 0.5) is 16.5 Å². The summed E-state index contributed by atoms with van der Waals surface area (Å²) in [6.45, 7) is 0. The second kappa shape index (κ2) is 11.8. The summed E-state index contributed by atoms with van der Waals surface area (Å²) >= 11 is 2.32. The SMILES string of the molecule is COc1ccc(C2C(C#N)=C(N)N(c3nnc(SCC(=O)Nc4cccc([N+](=O)[O-])c4)s3)C3=C2C(=O)CCC3)cc1. The summed E-state index contributed by atoms with van der Waals surface area (Å²) < 4.78 is 5.73. The third-order valence-electron chi connectivity index (χ3n) is 6.62. The van der Waals surface area contributed by atoms with Gasteiger partial charge in [-0.25, -0.2) is 0 Å². The van der Waals surface area contributed by atoms with Crippen molar-refractivity contribution in [2.75, 3.05) is 23.1 Å². The van der Waals surface area contributed by atoms with Crippen LogP contribution in [-0.4, -0.2) is 39.7 Å². The van der Waals surface area contributed by atoms with Crippen LogP contribution >= 0.6 is 23.1 Å². The van der Waals surface area contributed by atoms with Crippen LogP contribution in [-0.2, 0) is 9.59 Å². The molecular formula is C27H23N7O5S2. The Bertz CT molecular complexity index is 1640. The molecule has 0 saturated carbocycles. The Morgan fingerprint density at radius 1 is 1.29 bits per heavy atom. The van der Waals surface area contributed by atoms with E-state index in [1.54, 1.807) is 30.2 Å². The highest BCUT2D eigenvalue weighted by Crippen LogP contribution is 2.47. The molecule has 12 nitrogen and oxygen atoms in total. The zero-order chi connectivity index (χ0) is 29.1. The largest absolute Gasteiger partial charge is 0.497 e. The molecule has 1 aliphatic carbocycles. The number of nitrogens with two attached hydrogens (primary N) is 1. The molecule has 0 bridgehead atoms. The molecular weight excluding hydrogens is 566 g/mol. The van der Waals surface area contributed by atoms with Gasteiger partial charge in [0.15, 0.2) is 10.1 Å². The minimum atomic E-state index is -0.607. The van der Waals surface area contributed by atoms with Crippen molar-refractivity contribution in [1.29, 1.82) is 5.26 Å². The number of Topliss-reactive ketones (excluding diaryl/α,β-unsaturated/α-hetero) is 1. The number of thioether (sulfide) groups is 1. The summed E-state index contributed by atoms with van der Waals surface area (Å²) in [7, 11) is 1.57. The number of ether oxygens (including phenoxy) is 1. The predicted octanol–water partition coefficient (Wildman–Crippen LogP) is 4.49. The number of nitro benzene ring substituents is 1. The number of carbonyl (C=O) groups is 2. The van der Waals surface area contributed by atoms with Gasteiger partial charge < -0.3 is 15.8 Å². The molecule has 5 rings (SSSR count). The first-order valence-electron chi connectivity index (χ1n) is 12.4. The Kier molecular flexibility index (Phi) is 7.99. The van der Waals surface area contributed by atoms with Crippen LogP contribution in [0.2, 0.25) is 0 Å². The van der Waals surface area contributed by atoms with Gasteiger partial charge in [0, 0.05) is 35.5 Å². The van der Waals surface area contributed by atoms with Crippen LogP contribution in [0.1, 0.15) is 30.7 Å². The number of hydrogen-bond donors (Lipinski definition) is 2. The monoisotopic (exact) mass is 589 g/mol. The summed E-state index contributed by atoms with van der Waals surface area (Å²) in [4.78, 5) is 37.8. The second-order valence-electron chi connectivity index (χ2n) is 9.08. The summed E-state index contributed by atoms with van der Waals surface area (Å²) in [6.07, 6.45) is 1.58. The summed E-state index contributed by atoms with van der Waals surface area (Å²) in [6, 6.07) is 15.1. The summed E-state index contributed by atoms with van der Waals surface area (Å²) in [5, 5.41) is 32.6. The normalized spacial score (nSPS) is 16.7. The van der Waals surface area contributed by atoms with Crippen LogP contribution in [0.3, 0.4) is 0 Å². The van der Waals surface area contributed by atoms with E-state index in [4.69, 9.17) is 10.5 Å². The molecule has 1 aromatic heterocycles. The highest BCUT2D eigenvalue weighted by molar-refractivity contribution is 8.01. The number of nitrogens with zero attached hydrogens (tertiary/aromatic N) is 5. The number of aromatic nitrogens is 2. The van der Waals surface area contributed by atoms with Gasteiger partial charge in [-0.05, 0) is 36.6 Å². The number of amides is 1. The average molecular weight is 590 g/mol. The van der Waals surface area contributed by atoms with Gasteiger partial charge >= 0.3 is 0 Å². The molecule has 3 N–H and O–H groups in total. The molecule has 0 fully saturated rings. The van der Waals surface area contributed by atoms with Crippen molar-refractivity contribution in [3.63, 3.8) is 0 Å². The van der Waals surface area contributed by atoms with E-state index in [1.165, 1.54) is 29.5 Å². The molecule has 1 unspecified atom stereocenters. The minimum absolute atomic E-state index is 0.0158. The lowest BCUT2D eigenvalue weighted by Gasteiger charge is -2.38. The molecule has 3 aromatic rings. The lowest BCUT2D eigenvalue weighted by atomic mass is 9.76. The van der Waals surface area contributed by atoms with Crippen LogP contribution in [0.5, 0.6) is 5.75 Å². The molecule has 208 valence electrons. The number of non-ortho nitro benzene ring substituents is 1. The minimum Gasteiger partial charge on any atom is -0.497 e. The van der Waals surface area contributed by atoms with E-state index < -0.39 is 10.8 Å². The predicted molar refractivity (Wildman–Crippen MR) is 153 cm³/mol. The molecule has 2 aliphatic rings. The molecule has 2 heterocycles. The van der Waals surface area contributed by atoms with E-state index in [2.05, 4.69) is 21.6 Å². The average Bonchev–Trinajstić information content (AvgIpc) is 3.44. The van der Waals surface area contributed by atoms with Gasteiger partial charge in [0.05, 0.1) is 35.3 Å². The number of ketones is 1. The van der Waals surface area contributed by atoms with Gasteiger partial charge in [-0.3, -0.25) is 24.6 Å². The highest BCUT2D eigenvalue weighted by atomic mass is 32.2. The van der Waals surface area contributed by atoms with Gasteiger partial charge in [0.1, 0.15) is 11.6 Å². The molecule has 1 amide bonds. The van der Waals surface area contributed by atoms with Crippen LogP contribution in [0.15, 0.2) is 75.5 Å². The summed E-state index contributed by atoms with van der Waals surface area (Å²) in [5.74, 6) is -0.209. The van der Waals surface area contributed by atoms with E-state index in [1.807, 2.05) is 12.1 Å². The van der Waals surface area contributed by atoms with Crippen molar-refractivity contribution in [3.8, 4) is 11.8 Å². The maximum absolute atomic E-state index is 13.3. The van der Waals surface area contributed by atoms with E-state index in [0.29, 0.717) is 51.4 Å². The van der Waals surface area contributed by atoms with E-state index in [-0.39, 0.29) is 34.5 Å². The van der Waals surface area contributed by atoms with Crippen LogP contribution < -0.4 is 20.7 Å². The molecule has 41 heavy (non-hydrogen) atoms. The fourth-order valence-electron chi connectivity index (χ4n) is 4.81. The first kappa shape index (κ1) is 27.8. The van der Waals surface area contributed by atoms with Crippen molar-refractivity contribution in [2.45, 2.75) is 29.5 Å². The van der Waals surface area contributed by atoms with E-state index >= 15 is 0 Å². The number of nitriles is 1. The molecule has 0 radical (unpaired) electrons. The molecule has 1 aliphatic heterocycles. The Labute approximate surface area is 242 Å². The molecule has 1 atom stereocenters. The van der Waals surface area contributed by atoms with E-state index in [0.717, 1.165) is 17.3 Å². The summed E-state index contributed by atoms with van der Waals surface area (Å²) in [5.41, 5.74) is 8.98. The Morgan fingerprint density at radius 3 is 2.78 bits per heavy atom. The maximum atomic E-state index is 13.3. The number of nitrogens with one attached hydrogen (secondary N) is 1. The zero-order valence-corrected chi connectivity index (χ0v) is 23.3. The van der Waals surface area contributed by atoms with Gasteiger partial charge in [-0.15, -0.1) is 10.2 Å². The number of methoxy groups -OCH3 is 1. The van der Waals surface area contributed by atoms with Crippen molar-refractivity contribution >= 4 is 51.3 Å². The van der Waals surface area contributed by atoms with Crippen LogP contribution in [0.25, 0.3) is 0 Å². The van der Waals surface area contributed by atoms with Gasteiger partial charge in [-0.2, -0.15) is 5.26 Å². The lowest BCUT2D eigenvalue weighted by molar-refractivity contribution is -0.384. The first-order valence-corrected chi connectivity index (χ1v) is 14.2. The second-order valence-corrected chi connectivity index (χ2v) is 11.3. The fraction of sp³-hybridized carbons (Fsp3) is 0.222. The standard InChI is InChI=1S/C27H23N7O5S2/c1-39-18-10-8-15(9-11-18)23-19(13-28)25(29)33(20-6-3-7-21(35)24(20)23)26-31-32-27(41-26)40-14-22(36)30-16-4-2-5-17(12-16)34(37)38/h2,4-5,8-12,23H,3,6-7,14,29H2,1H3,(H,30,36). The van der Waals surface area contributed by atoms with E-state index in [9.17, 15) is 25.0 Å². The zero-order valence-electron chi connectivity index (χ0n) is 21.7. The number of rotatable bonds is 8. The molecule has 0 saturated heterocycles. The highest BCUT2D eigenvalue weighted by Gasteiger charge is 2.41. The third-order valence-corrected chi connectivity index (χ3v) is 8.66. The van der Waals surface area contributed by atoms with Crippen molar-refractivity contribution in [2.24, 2.45) is 5.73 Å². The Balaban J connectivity index is 1.39. The number of allylic oxidation sites excluding steroid dienone is 3. The number of hydrogen-bond acceptors (Lipinski definition) is 12. The number of anilines is 2. The van der Waals surface area contributed by atoms with Crippen LogP contribution in [0, 0.1) is 21.4 Å². The first-order chi connectivity index (χ1) is 19.8. The smallest absolute Gasteiger partial charge is 0.271 e. The Hall–Kier alpha value is -4.74. The lowest BCUT2D eigenvalue weighted by Crippen LogP contribution is -2.38. The van der Waals surface area contributed by atoms with Gasteiger partial charge in [-0.1, -0.05) is 41.3 Å². The topological polar surface area (TPSA) is 177 Å². The van der Waals surface area contributed by atoms with Gasteiger partial charge in [0.25, 0.3) is 5.69 Å². The number of benzene rings is 2. The third kappa shape index (κ3) is 5.63. The quantitative estimate of drug-likeness (QED) is 0.215. The molecule has 0 spiro atoms. The number of nitro groups is 1. The molecule has 14 heteroatoms. The van der Waals surface area contributed by atoms with Gasteiger partial charge in [0.2, 0.25) is 11.0 Å². The van der Waals surface area contributed by atoms with Crippen molar-refractivity contribution in [1.82, 2.24) is 10.2 Å². The Morgan fingerprint density at radius 2 is 2.07 bits per heavy atom. The van der Waals surface area contributed by atoms with Crippen molar-refractivity contribution < 1.29 is 19.2 Å². The van der Waals surface area contributed by atoms with Crippen molar-refractivity contribution in [3.05, 3.63) is 86.9 Å². The number of carbonyl (C=O) groups excluding carboxylic acids is 2. The maximum Gasteiger partial charge on any atom is 0.271 e.